The number of piperidine rings is 1. The molecule has 1 aromatic heterocycles. The fourth-order valence-electron chi connectivity index (χ4n) is 2.00. The van der Waals surface area contributed by atoms with Crippen molar-refractivity contribution < 1.29 is 9.63 Å². The number of hydrogen-bond donors (Lipinski definition) is 1. The molecule has 1 aromatic rings. The molecule has 0 spiro atoms. The Morgan fingerprint density at radius 1 is 1.47 bits per heavy atom. The van der Waals surface area contributed by atoms with Gasteiger partial charge in [0.15, 0.2) is 5.82 Å². The van der Waals surface area contributed by atoms with Gasteiger partial charge in [0.25, 0.3) is 0 Å². The summed E-state index contributed by atoms with van der Waals surface area (Å²) in [5.41, 5.74) is -0.105. The normalized spacial score (nSPS) is 22.9. The second-order valence-corrected chi connectivity index (χ2v) is 5.80. The number of nitrogens with zero attached hydrogens (tertiary/aromatic N) is 3. The molecule has 5 heteroatoms. The molecule has 0 bridgehead atoms. The van der Waals surface area contributed by atoms with Crippen molar-refractivity contribution in [3.05, 3.63) is 11.7 Å². The minimum atomic E-state index is -0.210. The van der Waals surface area contributed by atoms with Gasteiger partial charge in [0.05, 0.1) is 12.6 Å². The number of β-amino-alcohol motifs (C(OH)–C–C–N with tert-alkyl or cyclic N) is 1. The van der Waals surface area contributed by atoms with Crippen LogP contribution in [0.4, 0.5) is 0 Å². The van der Waals surface area contributed by atoms with Crippen LogP contribution in [0.15, 0.2) is 4.52 Å². The van der Waals surface area contributed by atoms with Crippen molar-refractivity contribution in [2.24, 2.45) is 0 Å². The second kappa shape index (κ2) is 4.74. The number of aromatic nitrogens is 2. The first-order valence-electron chi connectivity index (χ1n) is 6.18. The molecule has 1 aliphatic heterocycles. The van der Waals surface area contributed by atoms with Gasteiger partial charge >= 0.3 is 0 Å². The summed E-state index contributed by atoms with van der Waals surface area (Å²) in [6, 6.07) is 0. The Balaban J connectivity index is 1.97. The lowest BCUT2D eigenvalue weighted by molar-refractivity contribution is 0.0651. The van der Waals surface area contributed by atoms with Gasteiger partial charge in [-0.25, -0.2) is 0 Å². The molecule has 2 rings (SSSR count). The Labute approximate surface area is 102 Å². The third kappa shape index (κ3) is 3.26. The first-order chi connectivity index (χ1) is 7.95. The van der Waals surface area contributed by atoms with Gasteiger partial charge < -0.3 is 9.63 Å². The topological polar surface area (TPSA) is 62.4 Å². The maximum absolute atomic E-state index is 9.59. The minimum Gasteiger partial charge on any atom is -0.392 e. The van der Waals surface area contributed by atoms with E-state index in [1.54, 1.807) is 0 Å². The van der Waals surface area contributed by atoms with Crippen molar-refractivity contribution in [1.82, 2.24) is 15.0 Å². The van der Waals surface area contributed by atoms with Crippen molar-refractivity contribution in [3.8, 4) is 0 Å². The molecule has 1 N–H and O–H groups in total. The molecule has 2 heterocycles. The fourth-order valence-corrected chi connectivity index (χ4v) is 2.00. The number of hydrogen-bond acceptors (Lipinski definition) is 5. The summed E-state index contributed by atoms with van der Waals surface area (Å²) >= 11 is 0. The Hall–Kier alpha value is -0.940. The predicted molar refractivity (Wildman–Crippen MR) is 63.5 cm³/mol. The highest BCUT2D eigenvalue weighted by atomic mass is 16.5. The van der Waals surface area contributed by atoms with E-state index in [2.05, 4.69) is 35.8 Å². The summed E-state index contributed by atoms with van der Waals surface area (Å²) in [5, 5.41) is 13.6. The molecule has 0 amide bonds. The number of rotatable bonds is 2. The summed E-state index contributed by atoms with van der Waals surface area (Å²) in [7, 11) is 0. The highest BCUT2D eigenvalue weighted by Crippen LogP contribution is 2.20. The van der Waals surface area contributed by atoms with Crippen molar-refractivity contribution in [1.29, 1.82) is 0 Å². The molecule has 0 saturated carbocycles. The molecular weight excluding hydrogens is 218 g/mol. The molecule has 1 saturated heterocycles. The van der Waals surface area contributed by atoms with Gasteiger partial charge in [-0.1, -0.05) is 25.9 Å². The van der Waals surface area contributed by atoms with Gasteiger partial charge in [0, 0.05) is 12.0 Å². The minimum absolute atomic E-state index is 0.105. The van der Waals surface area contributed by atoms with Crippen LogP contribution in [0.2, 0.25) is 0 Å². The molecule has 0 aliphatic carbocycles. The summed E-state index contributed by atoms with van der Waals surface area (Å²) in [6.07, 6.45) is 1.72. The van der Waals surface area contributed by atoms with Gasteiger partial charge in [-0.15, -0.1) is 0 Å². The molecule has 1 atom stereocenters. The lowest BCUT2D eigenvalue weighted by Gasteiger charge is -2.28. The summed E-state index contributed by atoms with van der Waals surface area (Å²) in [5.74, 6) is 1.38. The largest absolute Gasteiger partial charge is 0.392 e. The number of aliphatic hydroxyl groups excluding tert-OH is 1. The van der Waals surface area contributed by atoms with Gasteiger partial charge in [0.1, 0.15) is 0 Å². The van der Waals surface area contributed by atoms with Crippen LogP contribution in [0.3, 0.4) is 0 Å². The highest BCUT2D eigenvalue weighted by Gasteiger charge is 2.24. The van der Waals surface area contributed by atoms with E-state index in [1.165, 1.54) is 0 Å². The predicted octanol–water partition coefficient (Wildman–Crippen LogP) is 1.32. The van der Waals surface area contributed by atoms with Crippen LogP contribution in [-0.4, -0.2) is 39.3 Å². The maximum atomic E-state index is 9.59. The van der Waals surface area contributed by atoms with Crippen molar-refractivity contribution in [2.75, 3.05) is 13.1 Å². The monoisotopic (exact) mass is 239 g/mol. The zero-order valence-electron chi connectivity index (χ0n) is 10.8. The number of aliphatic hydroxyl groups is 1. The first kappa shape index (κ1) is 12.5. The van der Waals surface area contributed by atoms with Gasteiger partial charge in [-0.05, 0) is 19.4 Å². The van der Waals surface area contributed by atoms with E-state index in [-0.39, 0.29) is 11.5 Å². The Morgan fingerprint density at radius 3 is 2.82 bits per heavy atom. The van der Waals surface area contributed by atoms with Crippen LogP contribution in [0.5, 0.6) is 0 Å². The van der Waals surface area contributed by atoms with Crippen molar-refractivity contribution in [3.63, 3.8) is 0 Å². The van der Waals surface area contributed by atoms with E-state index in [0.29, 0.717) is 24.8 Å². The summed E-state index contributed by atoms with van der Waals surface area (Å²) in [6.45, 7) is 8.52. The molecule has 5 nitrogen and oxygen atoms in total. The zero-order chi connectivity index (χ0) is 12.5. The Morgan fingerprint density at radius 2 is 2.24 bits per heavy atom. The third-order valence-corrected chi connectivity index (χ3v) is 2.96. The highest BCUT2D eigenvalue weighted by molar-refractivity contribution is 4.98. The van der Waals surface area contributed by atoms with Gasteiger partial charge in [-0.2, -0.15) is 4.98 Å². The van der Waals surface area contributed by atoms with Gasteiger partial charge in [-0.3, -0.25) is 4.90 Å². The van der Waals surface area contributed by atoms with Crippen molar-refractivity contribution >= 4 is 0 Å². The van der Waals surface area contributed by atoms with Crippen LogP contribution >= 0.6 is 0 Å². The standard InChI is InChI=1S/C12H21N3O2/c1-12(2,3)11-13-10(14-17-11)8-15-6-4-5-9(16)7-15/h9,16H,4-8H2,1-3H3/t9-/m0/s1. The number of likely N-dealkylation sites (tertiary alicyclic amines) is 1. The van der Waals surface area contributed by atoms with E-state index in [0.717, 1.165) is 19.4 Å². The Bertz CT molecular complexity index is 370. The molecule has 0 unspecified atom stereocenters. The zero-order valence-corrected chi connectivity index (χ0v) is 10.8. The summed E-state index contributed by atoms with van der Waals surface area (Å²) < 4.78 is 5.25. The van der Waals surface area contributed by atoms with Crippen LogP contribution < -0.4 is 0 Å². The average Bonchev–Trinajstić information content (AvgIpc) is 2.65. The van der Waals surface area contributed by atoms with Crippen LogP contribution in [0.1, 0.15) is 45.3 Å². The fraction of sp³-hybridized carbons (Fsp3) is 0.833. The molecule has 0 aromatic carbocycles. The molecule has 0 radical (unpaired) electrons. The van der Waals surface area contributed by atoms with E-state index in [1.807, 2.05) is 0 Å². The summed E-state index contributed by atoms with van der Waals surface area (Å²) in [4.78, 5) is 6.57. The van der Waals surface area contributed by atoms with E-state index < -0.39 is 0 Å². The lowest BCUT2D eigenvalue weighted by Crippen LogP contribution is -2.37. The smallest absolute Gasteiger partial charge is 0.232 e. The molecule has 1 aliphatic rings. The van der Waals surface area contributed by atoms with E-state index in [4.69, 9.17) is 4.52 Å². The third-order valence-electron chi connectivity index (χ3n) is 2.96. The first-order valence-corrected chi connectivity index (χ1v) is 6.18. The van der Waals surface area contributed by atoms with Crippen molar-refractivity contribution in [2.45, 2.75) is 51.7 Å². The van der Waals surface area contributed by atoms with E-state index >= 15 is 0 Å². The van der Waals surface area contributed by atoms with Crippen LogP contribution in [0.25, 0.3) is 0 Å². The molecular formula is C12H21N3O2. The maximum Gasteiger partial charge on any atom is 0.232 e. The average molecular weight is 239 g/mol. The molecule has 1 fully saturated rings. The lowest BCUT2D eigenvalue weighted by atomic mass is 9.97. The van der Waals surface area contributed by atoms with Crippen LogP contribution in [0, 0.1) is 0 Å². The Kier molecular flexibility index (Phi) is 3.49. The van der Waals surface area contributed by atoms with Crippen LogP contribution in [-0.2, 0) is 12.0 Å². The van der Waals surface area contributed by atoms with E-state index in [9.17, 15) is 5.11 Å². The molecule has 96 valence electrons. The second-order valence-electron chi connectivity index (χ2n) is 5.80. The quantitative estimate of drug-likeness (QED) is 0.843. The SMILES string of the molecule is CC(C)(C)c1nc(CN2CCC[C@H](O)C2)no1. The molecule has 17 heavy (non-hydrogen) atoms. The van der Waals surface area contributed by atoms with Gasteiger partial charge in [0.2, 0.25) is 5.89 Å².